The second-order valence-corrected chi connectivity index (χ2v) is 4.77. The minimum absolute atomic E-state index is 0.297. The summed E-state index contributed by atoms with van der Waals surface area (Å²) in [6, 6.07) is 1.08. The number of aliphatic hydroxyl groups is 1. The fourth-order valence-corrected chi connectivity index (χ4v) is 2.50. The van der Waals surface area contributed by atoms with Crippen molar-refractivity contribution >= 4 is 0 Å². The van der Waals surface area contributed by atoms with E-state index in [1.54, 1.807) is 0 Å². The highest BCUT2D eigenvalue weighted by Gasteiger charge is 2.20. The number of hydrogen-bond donors (Lipinski definition) is 2. The number of rotatable bonds is 5. The molecule has 0 aliphatic heterocycles. The van der Waals surface area contributed by atoms with Gasteiger partial charge in [-0.15, -0.1) is 0 Å². The summed E-state index contributed by atoms with van der Waals surface area (Å²) in [5.74, 6) is 0.866. The Kier molecular flexibility index (Phi) is 5.49. The lowest BCUT2D eigenvalue weighted by molar-refractivity contribution is 0.234. The molecule has 1 aliphatic carbocycles. The van der Waals surface area contributed by atoms with Crippen LogP contribution >= 0.6 is 0 Å². The second kappa shape index (κ2) is 6.41. The molecule has 2 N–H and O–H groups in total. The van der Waals surface area contributed by atoms with Gasteiger partial charge in [-0.25, -0.2) is 0 Å². The maximum atomic E-state index is 8.82. The first-order valence-corrected chi connectivity index (χ1v) is 6.11. The fraction of sp³-hybridized carbons (Fsp3) is 1.00. The van der Waals surface area contributed by atoms with Gasteiger partial charge < -0.3 is 10.4 Å². The Morgan fingerprint density at radius 3 is 2.43 bits per heavy atom. The summed E-state index contributed by atoms with van der Waals surface area (Å²) in [5.41, 5.74) is 0. The molecule has 14 heavy (non-hydrogen) atoms. The van der Waals surface area contributed by atoms with E-state index in [4.69, 9.17) is 5.11 Å². The molecule has 0 amide bonds. The monoisotopic (exact) mass is 199 g/mol. The summed E-state index contributed by atoms with van der Waals surface area (Å²) in [6.45, 7) is 4.75. The molecule has 84 valence electrons. The van der Waals surface area contributed by atoms with Gasteiger partial charge in [0.2, 0.25) is 0 Å². The van der Waals surface area contributed by atoms with Crippen molar-refractivity contribution in [2.45, 2.75) is 64.5 Å². The molecule has 0 aromatic heterocycles. The summed E-state index contributed by atoms with van der Waals surface area (Å²) < 4.78 is 0. The average Bonchev–Trinajstić information content (AvgIpc) is 2.19. The van der Waals surface area contributed by atoms with Crippen LogP contribution in [0.1, 0.15) is 52.4 Å². The first kappa shape index (κ1) is 12.0. The molecule has 0 spiro atoms. The summed E-state index contributed by atoms with van der Waals surface area (Å²) in [4.78, 5) is 0. The van der Waals surface area contributed by atoms with E-state index in [2.05, 4.69) is 19.2 Å². The SMILES string of the molecule is CC(N[C@H](C)CCO)C1CCCCC1. The molecule has 2 heteroatoms. The Morgan fingerprint density at radius 1 is 1.21 bits per heavy atom. The molecule has 0 radical (unpaired) electrons. The lowest BCUT2D eigenvalue weighted by Crippen LogP contribution is -2.40. The summed E-state index contributed by atoms with van der Waals surface area (Å²) >= 11 is 0. The van der Waals surface area contributed by atoms with E-state index in [1.165, 1.54) is 32.1 Å². The molecule has 0 aromatic rings. The van der Waals surface area contributed by atoms with Gasteiger partial charge in [0.25, 0.3) is 0 Å². The molecule has 1 rings (SSSR count). The Bertz CT molecular complexity index is 143. The van der Waals surface area contributed by atoms with Crippen molar-refractivity contribution < 1.29 is 5.11 Å². The first-order valence-electron chi connectivity index (χ1n) is 6.11. The van der Waals surface area contributed by atoms with E-state index in [1.807, 2.05) is 0 Å². The Balaban J connectivity index is 2.21. The highest BCUT2D eigenvalue weighted by molar-refractivity contribution is 4.77. The Morgan fingerprint density at radius 2 is 1.86 bits per heavy atom. The molecule has 2 atom stereocenters. The minimum Gasteiger partial charge on any atom is -0.396 e. The van der Waals surface area contributed by atoms with Crippen LogP contribution in [0.25, 0.3) is 0 Å². The summed E-state index contributed by atoms with van der Waals surface area (Å²) in [6.07, 6.45) is 7.89. The zero-order valence-corrected chi connectivity index (χ0v) is 9.63. The van der Waals surface area contributed by atoms with Crippen molar-refractivity contribution in [3.8, 4) is 0 Å². The normalized spacial score (nSPS) is 23.4. The van der Waals surface area contributed by atoms with Crippen molar-refractivity contribution in [1.29, 1.82) is 0 Å². The van der Waals surface area contributed by atoms with Crippen LogP contribution in [-0.4, -0.2) is 23.8 Å². The van der Waals surface area contributed by atoms with E-state index in [0.29, 0.717) is 18.7 Å². The zero-order valence-electron chi connectivity index (χ0n) is 9.63. The topological polar surface area (TPSA) is 32.3 Å². The molecular weight excluding hydrogens is 174 g/mol. The third kappa shape index (κ3) is 3.97. The van der Waals surface area contributed by atoms with Gasteiger partial charge in [0, 0.05) is 18.7 Å². The molecule has 0 bridgehead atoms. The van der Waals surface area contributed by atoms with Crippen LogP contribution in [0.5, 0.6) is 0 Å². The Hall–Kier alpha value is -0.0800. The van der Waals surface area contributed by atoms with Crippen LogP contribution in [0.4, 0.5) is 0 Å². The van der Waals surface area contributed by atoms with E-state index in [0.717, 1.165) is 12.3 Å². The van der Waals surface area contributed by atoms with Gasteiger partial charge >= 0.3 is 0 Å². The van der Waals surface area contributed by atoms with Crippen LogP contribution in [0.15, 0.2) is 0 Å². The third-order valence-electron chi connectivity index (χ3n) is 3.47. The van der Waals surface area contributed by atoms with E-state index < -0.39 is 0 Å². The highest BCUT2D eigenvalue weighted by Crippen LogP contribution is 2.26. The van der Waals surface area contributed by atoms with Crippen molar-refractivity contribution in [1.82, 2.24) is 5.32 Å². The molecule has 1 aliphatic rings. The van der Waals surface area contributed by atoms with Gasteiger partial charge in [-0.3, -0.25) is 0 Å². The molecule has 1 fully saturated rings. The molecule has 0 aromatic carbocycles. The highest BCUT2D eigenvalue weighted by atomic mass is 16.3. The molecule has 0 heterocycles. The standard InChI is InChI=1S/C12H25NO/c1-10(8-9-14)13-11(2)12-6-4-3-5-7-12/h10-14H,3-9H2,1-2H3/t10-,11?/m1/s1. The van der Waals surface area contributed by atoms with Gasteiger partial charge in [0.05, 0.1) is 0 Å². The van der Waals surface area contributed by atoms with E-state index in [-0.39, 0.29) is 0 Å². The molecule has 0 saturated heterocycles. The second-order valence-electron chi connectivity index (χ2n) is 4.77. The van der Waals surface area contributed by atoms with E-state index in [9.17, 15) is 0 Å². The van der Waals surface area contributed by atoms with Crippen molar-refractivity contribution in [3.05, 3.63) is 0 Å². The van der Waals surface area contributed by atoms with Gasteiger partial charge in [-0.2, -0.15) is 0 Å². The zero-order chi connectivity index (χ0) is 10.4. The largest absolute Gasteiger partial charge is 0.396 e. The maximum absolute atomic E-state index is 8.82. The van der Waals surface area contributed by atoms with Crippen LogP contribution in [0.2, 0.25) is 0 Å². The molecule has 2 nitrogen and oxygen atoms in total. The van der Waals surface area contributed by atoms with E-state index >= 15 is 0 Å². The van der Waals surface area contributed by atoms with Crippen LogP contribution in [-0.2, 0) is 0 Å². The number of hydrogen-bond acceptors (Lipinski definition) is 2. The molecular formula is C12H25NO. The molecule has 1 unspecified atom stereocenters. The minimum atomic E-state index is 0.297. The van der Waals surface area contributed by atoms with Crippen molar-refractivity contribution in [2.75, 3.05) is 6.61 Å². The predicted octanol–water partition coefficient (Wildman–Crippen LogP) is 2.32. The number of aliphatic hydroxyl groups excluding tert-OH is 1. The average molecular weight is 199 g/mol. The van der Waals surface area contributed by atoms with Crippen molar-refractivity contribution in [3.63, 3.8) is 0 Å². The first-order chi connectivity index (χ1) is 6.74. The van der Waals surface area contributed by atoms with Crippen LogP contribution in [0, 0.1) is 5.92 Å². The predicted molar refractivity (Wildman–Crippen MR) is 60.3 cm³/mol. The summed E-state index contributed by atoms with van der Waals surface area (Å²) in [7, 11) is 0. The summed E-state index contributed by atoms with van der Waals surface area (Å²) in [5, 5.41) is 12.4. The lowest BCUT2D eigenvalue weighted by atomic mass is 9.84. The fourth-order valence-electron chi connectivity index (χ4n) is 2.50. The smallest absolute Gasteiger partial charge is 0.0445 e. The lowest BCUT2D eigenvalue weighted by Gasteiger charge is -2.30. The van der Waals surface area contributed by atoms with Gasteiger partial charge in [0.15, 0.2) is 0 Å². The number of nitrogens with one attached hydrogen (secondary N) is 1. The maximum Gasteiger partial charge on any atom is 0.0445 e. The van der Waals surface area contributed by atoms with Crippen molar-refractivity contribution in [2.24, 2.45) is 5.92 Å². The van der Waals surface area contributed by atoms with Gasteiger partial charge in [-0.05, 0) is 39.0 Å². The van der Waals surface area contributed by atoms with Crippen LogP contribution in [0.3, 0.4) is 0 Å². The quantitative estimate of drug-likeness (QED) is 0.712. The third-order valence-corrected chi connectivity index (χ3v) is 3.47. The Labute approximate surface area is 88.1 Å². The van der Waals surface area contributed by atoms with Crippen LogP contribution < -0.4 is 5.32 Å². The molecule has 1 saturated carbocycles. The van der Waals surface area contributed by atoms with Gasteiger partial charge in [-0.1, -0.05) is 19.3 Å². The van der Waals surface area contributed by atoms with Gasteiger partial charge in [0.1, 0.15) is 0 Å².